The number of hydrogen-bond acceptors (Lipinski definition) is 2. The summed E-state index contributed by atoms with van der Waals surface area (Å²) in [5, 5.41) is 8.55. The molecule has 3 N–H and O–H groups in total. The molecule has 72 valence electrons. The Hall–Kier alpha value is -0.570. The van der Waals surface area contributed by atoms with E-state index in [0.29, 0.717) is 12.5 Å². The average Bonchev–Trinajstić information content (AvgIpc) is 2.02. The topological polar surface area (TPSA) is 63.3 Å². The van der Waals surface area contributed by atoms with Gasteiger partial charge in [0.05, 0.1) is 0 Å². The Morgan fingerprint density at radius 2 is 2.17 bits per heavy atom. The molecule has 3 heteroatoms. The summed E-state index contributed by atoms with van der Waals surface area (Å²) in [6, 6.07) is 0. The minimum atomic E-state index is -0.742. The maximum Gasteiger partial charge on any atom is 0.303 e. The molecule has 0 aliphatic carbocycles. The van der Waals surface area contributed by atoms with E-state index in [2.05, 4.69) is 13.8 Å². The smallest absolute Gasteiger partial charge is 0.303 e. The van der Waals surface area contributed by atoms with Crippen molar-refractivity contribution in [1.29, 1.82) is 0 Å². The summed E-state index contributed by atoms with van der Waals surface area (Å²) in [5.41, 5.74) is 5.46. The minimum Gasteiger partial charge on any atom is -0.481 e. The average molecular weight is 173 g/mol. The van der Waals surface area contributed by atoms with Crippen LogP contribution in [0.2, 0.25) is 0 Å². The number of rotatable bonds is 6. The highest BCUT2D eigenvalue weighted by Crippen LogP contribution is 2.16. The molecule has 0 saturated heterocycles. The van der Waals surface area contributed by atoms with Gasteiger partial charge in [0.1, 0.15) is 0 Å². The molecule has 0 bridgehead atoms. The highest BCUT2D eigenvalue weighted by molar-refractivity contribution is 5.67. The predicted octanol–water partition coefficient (Wildman–Crippen LogP) is 1.47. The number of nitrogens with two attached hydrogens (primary N) is 1. The highest BCUT2D eigenvalue weighted by atomic mass is 16.4. The van der Waals surface area contributed by atoms with Crippen molar-refractivity contribution in [3.05, 3.63) is 0 Å². The third-order valence-corrected chi connectivity index (χ3v) is 2.23. The van der Waals surface area contributed by atoms with Crippen LogP contribution in [0.4, 0.5) is 0 Å². The quantitative estimate of drug-likeness (QED) is 0.639. The Morgan fingerprint density at radius 3 is 2.50 bits per heavy atom. The van der Waals surface area contributed by atoms with Crippen molar-refractivity contribution in [2.24, 2.45) is 17.6 Å². The van der Waals surface area contributed by atoms with Crippen molar-refractivity contribution in [2.75, 3.05) is 6.54 Å². The van der Waals surface area contributed by atoms with Crippen molar-refractivity contribution < 1.29 is 9.90 Å². The van der Waals surface area contributed by atoms with Gasteiger partial charge in [0.25, 0.3) is 0 Å². The van der Waals surface area contributed by atoms with Crippen LogP contribution in [-0.4, -0.2) is 17.6 Å². The third kappa shape index (κ3) is 5.13. The Labute approximate surface area is 74.0 Å². The lowest BCUT2D eigenvalue weighted by Crippen LogP contribution is -2.20. The molecular formula is C9H19NO2. The molecule has 0 amide bonds. The molecular weight excluding hydrogens is 154 g/mol. The SMILES string of the molecule is CC[C@H](C)C[C@@H](CN)CC(=O)O. The summed E-state index contributed by atoms with van der Waals surface area (Å²) < 4.78 is 0. The molecule has 12 heavy (non-hydrogen) atoms. The van der Waals surface area contributed by atoms with Crippen LogP contribution in [0.1, 0.15) is 33.1 Å². The van der Waals surface area contributed by atoms with E-state index in [4.69, 9.17) is 10.8 Å². The van der Waals surface area contributed by atoms with E-state index < -0.39 is 5.97 Å². The van der Waals surface area contributed by atoms with Gasteiger partial charge in [-0.1, -0.05) is 20.3 Å². The Morgan fingerprint density at radius 1 is 1.58 bits per heavy atom. The molecule has 0 aromatic heterocycles. The molecule has 0 radical (unpaired) electrons. The van der Waals surface area contributed by atoms with Gasteiger partial charge in [0, 0.05) is 6.42 Å². The second-order valence-corrected chi connectivity index (χ2v) is 3.45. The molecule has 0 unspecified atom stereocenters. The molecule has 0 aliphatic heterocycles. The van der Waals surface area contributed by atoms with Crippen LogP contribution in [0, 0.1) is 11.8 Å². The van der Waals surface area contributed by atoms with Gasteiger partial charge < -0.3 is 10.8 Å². The van der Waals surface area contributed by atoms with Crippen LogP contribution in [0.3, 0.4) is 0 Å². The van der Waals surface area contributed by atoms with Crippen LogP contribution < -0.4 is 5.73 Å². The molecule has 0 rings (SSSR count). The van der Waals surface area contributed by atoms with Gasteiger partial charge in [0.15, 0.2) is 0 Å². The van der Waals surface area contributed by atoms with Crippen LogP contribution in [0.15, 0.2) is 0 Å². The highest BCUT2D eigenvalue weighted by Gasteiger charge is 2.13. The second-order valence-electron chi connectivity index (χ2n) is 3.45. The zero-order valence-corrected chi connectivity index (χ0v) is 7.92. The van der Waals surface area contributed by atoms with E-state index in [1.54, 1.807) is 0 Å². The van der Waals surface area contributed by atoms with Gasteiger partial charge in [-0.15, -0.1) is 0 Å². The Bertz CT molecular complexity index is 136. The summed E-state index contributed by atoms with van der Waals surface area (Å²) >= 11 is 0. The summed E-state index contributed by atoms with van der Waals surface area (Å²) in [6.45, 7) is 4.72. The Kier molecular flexibility index (Phi) is 5.72. The predicted molar refractivity (Wildman–Crippen MR) is 48.9 cm³/mol. The van der Waals surface area contributed by atoms with E-state index in [0.717, 1.165) is 12.8 Å². The van der Waals surface area contributed by atoms with Gasteiger partial charge in [-0.05, 0) is 24.8 Å². The van der Waals surface area contributed by atoms with Crippen LogP contribution >= 0.6 is 0 Å². The maximum absolute atomic E-state index is 10.4. The zero-order chi connectivity index (χ0) is 9.56. The van der Waals surface area contributed by atoms with E-state index >= 15 is 0 Å². The summed E-state index contributed by atoms with van der Waals surface area (Å²) in [4.78, 5) is 10.4. The lowest BCUT2D eigenvalue weighted by molar-refractivity contribution is -0.138. The minimum absolute atomic E-state index is 0.150. The Balaban J connectivity index is 3.74. The van der Waals surface area contributed by atoms with Crippen molar-refractivity contribution in [2.45, 2.75) is 33.1 Å². The molecule has 0 aromatic rings. The van der Waals surface area contributed by atoms with E-state index in [1.807, 2.05) is 0 Å². The molecule has 0 aromatic carbocycles. The normalized spacial score (nSPS) is 15.6. The molecule has 3 nitrogen and oxygen atoms in total. The second kappa shape index (κ2) is 6.00. The van der Waals surface area contributed by atoms with Crippen molar-refractivity contribution in [3.8, 4) is 0 Å². The summed E-state index contributed by atoms with van der Waals surface area (Å²) in [7, 11) is 0. The molecule has 0 saturated carbocycles. The molecule has 0 heterocycles. The van der Waals surface area contributed by atoms with E-state index in [1.165, 1.54) is 0 Å². The fraction of sp³-hybridized carbons (Fsp3) is 0.889. The number of carboxylic acid groups (broad SMARTS) is 1. The van der Waals surface area contributed by atoms with Gasteiger partial charge in [-0.25, -0.2) is 0 Å². The molecule has 0 fully saturated rings. The van der Waals surface area contributed by atoms with E-state index in [-0.39, 0.29) is 12.3 Å². The largest absolute Gasteiger partial charge is 0.481 e. The number of carbonyl (C=O) groups is 1. The first-order valence-electron chi connectivity index (χ1n) is 4.52. The van der Waals surface area contributed by atoms with Crippen molar-refractivity contribution >= 4 is 5.97 Å². The van der Waals surface area contributed by atoms with E-state index in [9.17, 15) is 4.79 Å². The van der Waals surface area contributed by atoms with Crippen LogP contribution in [-0.2, 0) is 4.79 Å². The fourth-order valence-electron chi connectivity index (χ4n) is 1.25. The van der Waals surface area contributed by atoms with Crippen molar-refractivity contribution in [3.63, 3.8) is 0 Å². The van der Waals surface area contributed by atoms with Crippen molar-refractivity contribution in [1.82, 2.24) is 0 Å². The molecule has 0 spiro atoms. The third-order valence-electron chi connectivity index (χ3n) is 2.23. The van der Waals surface area contributed by atoms with Gasteiger partial charge >= 0.3 is 5.97 Å². The fourth-order valence-corrected chi connectivity index (χ4v) is 1.25. The summed E-state index contributed by atoms with van der Waals surface area (Å²) in [5.74, 6) is -0.0101. The standard InChI is InChI=1S/C9H19NO2/c1-3-7(2)4-8(6-10)5-9(11)12/h7-8H,3-6,10H2,1-2H3,(H,11,12)/t7-,8+/m0/s1. The van der Waals surface area contributed by atoms with Gasteiger partial charge in [-0.3, -0.25) is 4.79 Å². The lowest BCUT2D eigenvalue weighted by atomic mass is 9.92. The first-order valence-corrected chi connectivity index (χ1v) is 4.52. The molecule has 2 atom stereocenters. The number of hydrogen-bond donors (Lipinski definition) is 2. The van der Waals surface area contributed by atoms with Gasteiger partial charge in [0.2, 0.25) is 0 Å². The zero-order valence-electron chi connectivity index (χ0n) is 7.92. The molecule has 0 aliphatic rings. The lowest BCUT2D eigenvalue weighted by Gasteiger charge is -2.16. The first kappa shape index (κ1) is 11.4. The maximum atomic E-state index is 10.4. The monoisotopic (exact) mass is 173 g/mol. The number of aliphatic carboxylic acids is 1. The van der Waals surface area contributed by atoms with Gasteiger partial charge in [-0.2, -0.15) is 0 Å². The summed E-state index contributed by atoms with van der Waals surface area (Å²) in [6.07, 6.45) is 2.23. The number of carboxylic acids is 1. The van der Waals surface area contributed by atoms with Crippen LogP contribution in [0.25, 0.3) is 0 Å². The van der Waals surface area contributed by atoms with Crippen LogP contribution in [0.5, 0.6) is 0 Å². The first-order chi connectivity index (χ1) is 5.60.